The third-order valence-corrected chi connectivity index (χ3v) is 3.87. The molecule has 4 nitrogen and oxygen atoms in total. The lowest BCUT2D eigenvalue weighted by molar-refractivity contribution is -0.397. The highest BCUT2D eigenvalue weighted by molar-refractivity contribution is 5.86. The number of Topliss-reactive ketones (excluding diaryl/α,β-unsaturated/α-hetero) is 1. The summed E-state index contributed by atoms with van der Waals surface area (Å²) < 4.78 is 0. The van der Waals surface area contributed by atoms with E-state index in [1.807, 2.05) is 30.3 Å². The van der Waals surface area contributed by atoms with Crippen LogP contribution in [0.15, 0.2) is 30.3 Å². The van der Waals surface area contributed by atoms with Crippen molar-refractivity contribution < 1.29 is 14.5 Å². The first-order chi connectivity index (χ1) is 8.72. The highest BCUT2D eigenvalue weighted by atomic mass is 17.0. The standard InChI is InChI=1S/C14H17NO3/c1-11(16)14-8-5-9-17-15(14)18-13(10-14)12-6-3-2-4-7-12/h2-4,6-7,13H,5,8-10H2,1H3. The van der Waals surface area contributed by atoms with Crippen molar-refractivity contribution in [3.63, 3.8) is 0 Å². The third-order valence-electron chi connectivity index (χ3n) is 3.87. The van der Waals surface area contributed by atoms with Gasteiger partial charge in [0, 0.05) is 6.42 Å². The monoisotopic (exact) mass is 247 g/mol. The van der Waals surface area contributed by atoms with Crippen molar-refractivity contribution in [2.75, 3.05) is 6.61 Å². The van der Waals surface area contributed by atoms with Crippen LogP contribution in [0.25, 0.3) is 0 Å². The molecule has 0 spiro atoms. The fourth-order valence-electron chi connectivity index (χ4n) is 2.79. The van der Waals surface area contributed by atoms with Gasteiger partial charge in [-0.15, -0.1) is 0 Å². The van der Waals surface area contributed by atoms with E-state index in [0.29, 0.717) is 13.0 Å². The fourth-order valence-corrected chi connectivity index (χ4v) is 2.79. The Bertz CT molecular complexity index is 448. The molecule has 2 atom stereocenters. The lowest BCUT2D eigenvalue weighted by Crippen LogP contribution is -2.51. The Hall–Kier alpha value is -1.23. The summed E-state index contributed by atoms with van der Waals surface area (Å²) in [7, 11) is 0. The first-order valence-electron chi connectivity index (χ1n) is 6.38. The number of rotatable bonds is 2. The van der Waals surface area contributed by atoms with E-state index in [1.165, 1.54) is 5.23 Å². The zero-order valence-corrected chi connectivity index (χ0v) is 10.5. The average Bonchev–Trinajstić information content (AvgIpc) is 2.80. The summed E-state index contributed by atoms with van der Waals surface area (Å²) in [4.78, 5) is 23.3. The number of hydroxylamine groups is 2. The first-order valence-corrected chi connectivity index (χ1v) is 6.38. The molecule has 0 saturated carbocycles. The van der Waals surface area contributed by atoms with E-state index < -0.39 is 5.54 Å². The summed E-state index contributed by atoms with van der Waals surface area (Å²) in [5.74, 6) is 0.126. The predicted molar refractivity (Wildman–Crippen MR) is 65.3 cm³/mol. The van der Waals surface area contributed by atoms with E-state index >= 15 is 0 Å². The molecule has 0 aliphatic carbocycles. The molecule has 2 aliphatic heterocycles. The zero-order valence-electron chi connectivity index (χ0n) is 10.5. The van der Waals surface area contributed by atoms with Crippen molar-refractivity contribution in [3.8, 4) is 0 Å². The van der Waals surface area contributed by atoms with Crippen molar-refractivity contribution >= 4 is 5.78 Å². The first kappa shape index (κ1) is 11.8. The van der Waals surface area contributed by atoms with Crippen LogP contribution >= 0.6 is 0 Å². The van der Waals surface area contributed by atoms with Gasteiger partial charge in [0.25, 0.3) is 0 Å². The third kappa shape index (κ3) is 1.77. The number of hydrogen-bond donors (Lipinski definition) is 0. The lowest BCUT2D eigenvalue weighted by Gasteiger charge is -2.36. The van der Waals surface area contributed by atoms with Crippen molar-refractivity contribution in [3.05, 3.63) is 35.9 Å². The minimum atomic E-state index is -0.585. The maximum Gasteiger partial charge on any atom is 0.155 e. The van der Waals surface area contributed by atoms with Gasteiger partial charge in [0.2, 0.25) is 0 Å². The van der Waals surface area contributed by atoms with Crippen molar-refractivity contribution in [1.82, 2.24) is 5.23 Å². The van der Waals surface area contributed by atoms with Crippen LogP contribution in [0.3, 0.4) is 0 Å². The van der Waals surface area contributed by atoms with Gasteiger partial charge in [-0.3, -0.25) is 14.5 Å². The summed E-state index contributed by atoms with van der Waals surface area (Å²) in [6.45, 7) is 2.24. The van der Waals surface area contributed by atoms with Crippen molar-refractivity contribution in [1.29, 1.82) is 0 Å². The average molecular weight is 247 g/mol. The van der Waals surface area contributed by atoms with Gasteiger partial charge in [-0.1, -0.05) is 35.6 Å². The summed E-state index contributed by atoms with van der Waals surface area (Å²) in [6.07, 6.45) is 2.30. The van der Waals surface area contributed by atoms with Gasteiger partial charge in [0.05, 0.1) is 6.61 Å². The van der Waals surface area contributed by atoms with Gasteiger partial charge in [-0.25, -0.2) is 0 Å². The number of carbonyl (C=O) groups excluding carboxylic acids is 1. The Morgan fingerprint density at radius 1 is 1.39 bits per heavy atom. The molecule has 2 heterocycles. The van der Waals surface area contributed by atoms with E-state index in [9.17, 15) is 4.79 Å². The van der Waals surface area contributed by atoms with Gasteiger partial charge in [0.15, 0.2) is 5.78 Å². The van der Waals surface area contributed by atoms with E-state index in [2.05, 4.69) is 0 Å². The molecule has 2 unspecified atom stereocenters. The molecule has 1 aromatic carbocycles. The lowest BCUT2D eigenvalue weighted by atomic mass is 9.83. The maximum atomic E-state index is 12.0. The zero-order chi connectivity index (χ0) is 12.6. The number of carbonyl (C=O) groups is 1. The van der Waals surface area contributed by atoms with Gasteiger partial charge in [0.1, 0.15) is 11.6 Å². The van der Waals surface area contributed by atoms with Crippen LogP contribution in [0.5, 0.6) is 0 Å². The minimum absolute atomic E-state index is 0.0896. The molecule has 96 valence electrons. The molecule has 4 heteroatoms. The second kappa shape index (κ2) is 4.46. The van der Waals surface area contributed by atoms with E-state index in [-0.39, 0.29) is 11.9 Å². The number of nitrogens with zero attached hydrogens (tertiary/aromatic N) is 1. The Morgan fingerprint density at radius 2 is 2.17 bits per heavy atom. The van der Waals surface area contributed by atoms with Gasteiger partial charge in [-0.2, -0.15) is 0 Å². The number of ketones is 1. The molecule has 2 aliphatic rings. The van der Waals surface area contributed by atoms with Crippen LogP contribution in [-0.2, 0) is 14.5 Å². The molecule has 1 aromatic rings. The number of hydrogen-bond acceptors (Lipinski definition) is 4. The molecule has 0 aromatic heterocycles. The molecule has 0 amide bonds. The van der Waals surface area contributed by atoms with Gasteiger partial charge < -0.3 is 0 Å². The molecular weight excluding hydrogens is 230 g/mol. The van der Waals surface area contributed by atoms with Crippen LogP contribution in [0, 0.1) is 0 Å². The normalized spacial score (nSPS) is 32.2. The number of benzene rings is 1. The van der Waals surface area contributed by atoms with Crippen LogP contribution in [-0.4, -0.2) is 23.2 Å². The second-order valence-corrected chi connectivity index (χ2v) is 4.99. The Balaban J connectivity index is 1.89. The van der Waals surface area contributed by atoms with E-state index in [4.69, 9.17) is 9.68 Å². The maximum absolute atomic E-state index is 12.0. The van der Waals surface area contributed by atoms with Crippen molar-refractivity contribution in [2.45, 2.75) is 37.8 Å². The van der Waals surface area contributed by atoms with Crippen LogP contribution in [0.1, 0.15) is 37.9 Å². The second-order valence-electron chi connectivity index (χ2n) is 4.99. The largest absolute Gasteiger partial charge is 0.298 e. The summed E-state index contributed by atoms with van der Waals surface area (Å²) in [5.41, 5.74) is 0.509. The van der Waals surface area contributed by atoms with Gasteiger partial charge in [-0.05, 0) is 25.3 Å². The Labute approximate surface area is 106 Å². The summed E-state index contributed by atoms with van der Waals surface area (Å²) in [5, 5.41) is 1.45. The fraction of sp³-hybridized carbons (Fsp3) is 0.500. The predicted octanol–water partition coefficient (Wildman–Crippen LogP) is 2.42. The summed E-state index contributed by atoms with van der Waals surface area (Å²) >= 11 is 0. The SMILES string of the molecule is CC(=O)C12CCCON1OC(c1ccccc1)C2. The quantitative estimate of drug-likeness (QED) is 0.804. The topological polar surface area (TPSA) is 38.8 Å². The van der Waals surface area contributed by atoms with E-state index in [1.54, 1.807) is 6.92 Å². The van der Waals surface area contributed by atoms with E-state index in [0.717, 1.165) is 18.4 Å². The highest BCUT2D eigenvalue weighted by Crippen LogP contribution is 2.45. The molecule has 0 bridgehead atoms. The minimum Gasteiger partial charge on any atom is -0.298 e. The molecular formula is C14H17NO3. The van der Waals surface area contributed by atoms with Crippen LogP contribution in [0.2, 0.25) is 0 Å². The van der Waals surface area contributed by atoms with Crippen LogP contribution in [0.4, 0.5) is 0 Å². The molecule has 0 N–H and O–H groups in total. The summed E-state index contributed by atoms with van der Waals surface area (Å²) in [6, 6.07) is 9.99. The Kier molecular flexibility index (Phi) is 2.93. The smallest absolute Gasteiger partial charge is 0.155 e. The van der Waals surface area contributed by atoms with Crippen LogP contribution < -0.4 is 0 Å². The van der Waals surface area contributed by atoms with Gasteiger partial charge >= 0.3 is 0 Å². The molecule has 3 rings (SSSR count). The number of fused-ring (bicyclic) bond motifs is 1. The molecule has 2 fully saturated rings. The molecule has 0 radical (unpaired) electrons. The molecule has 2 saturated heterocycles. The highest BCUT2D eigenvalue weighted by Gasteiger charge is 2.53. The Morgan fingerprint density at radius 3 is 2.83 bits per heavy atom. The van der Waals surface area contributed by atoms with Crippen molar-refractivity contribution in [2.24, 2.45) is 0 Å². The molecule has 18 heavy (non-hydrogen) atoms.